The molecule has 1 aromatic rings. The lowest BCUT2D eigenvalue weighted by Crippen LogP contribution is -2.09. The van der Waals surface area contributed by atoms with Crippen molar-refractivity contribution < 1.29 is 28.8 Å². The molecule has 0 saturated heterocycles. The lowest BCUT2D eigenvalue weighted by Gasteiger charge is -2.14. The summed E-state index contributed by atoms with van der Waals surface area (Å²) in [6.07, 6.45) is 0. The van der Waals surface area contributed by atoms with Crippen LogP contribution in [0.15, 0.2) is 16.1 Å². The minimum atomic E-state index is -5.44. The van der Waals surface area contributed by atoms with Gasteiger partial charge >= 0.3 is 20.7 Å². The summed E-state index contributed by atoms with van der Waals surface area (Å²) in [5.74, 6) is -0.667. The van der Waals surface area contributed by atoms with Crippen molar-refractivity contribution in [3.8, 4) is 5.75 Å². The molecule has 0 spiro atoms. The zero-order valence-corrected chi connectivity index (χ0v) is 12.4. The van der Waals surface area contributed by atoms with E-state index in [1.165, 1.54) is 6.92 Å². The molecule has 116 valence electrons. The number of benzene rings is 1. The van der Waals surface area contributed by atoms with Crippen LogP contribution in [0, 0.1) is 13.8 Å². The Labute approximate surface area is 119 Å². The number of rotatable bonds is 5. The van der Waals surface area contributed by atoms with Crippen molar-refractivity contribution in [2.24, 2.45) is 5.11 Å². The van der Waals surface area contributed by atoms with Crippen LogP contribution < -0.4 is 4.18 Å². The van der Waals surface area contributed by atoms with Gasteiger partial charge in [-0.05, 0) is 36.6 Å². The standard InChI is InChI=1S/C9H9F2N3O5S2/c1-5-7(4-13-14-12)3-8(20(10,15)16)6(2)9(5)19-21(11,17)18/h3H,4H2,1-2H3. The number of azide groups is 1. The Hall–Kier alpha value is -1.91. The molecule has 1 aromatic carbocycles. The van der Waals surface area contributed by atoms with Gasteiger partial charge in [0, 0.05) is 10.5 Å². The first kappa shape index (κ1) is 17.1. The summed E-state index contributed by atoms with van der Waals surface area (Å²) in [7, 11) is -10.7. The molecule has 21 heavy (non-hydrogen) atoms. The van der Waals surface area contributed by atoms with Gasteiger partial charge in [0.05, 0.1) is 6.54 Å². The van der Waals surface area contributed by atoms with Gasteiger partial charge in [0.1, 0.15) is 4.90 Å². The highest BCUT2D eigenvalue weighted by molar-refractivity contribution is 7.86. The highest BCUT2D eigenvalue weighted by Crippen LogP contribution is 2.34. The zero-order valence-electron chi connectivity index (χ0n) is 10.7. The zero-order chi connectivity index (χ0) is 16.4. The molecule has 0 saturated carbocycles. The molecule has 0 aliphatic carbocycles. The fraction of sp³-hybridized carbons (Fsp3) is 0.333. The number of nitrogens with zero attached hydrogens (tertiary/aromatic N) is 3. The van der Waals surface area contributed by atoms with Crippen LogP contribution in [0.2, 0.25) is 0 Å². The summed E-state index contributed by atoms with van der Waals surface area (Å²) in [6.45, 7) is 1.94. The first-order valence-electron chi connectivity index (χ1n) is 5.20. The van der Waals surface area contributed by atoms with Crippen LogP contribution >= 0.6 is 0 Å². The molecule has 0 atom stereocenters. The molecule has 0 amide bonds. The lowest BCUT2D eigenvalue weighted by molar-refractivity contribution is 0.435. The average Bonchev–Trinajstić information content (AvgIpc) is 2.31. The summed E-state index contributed by atoms with van der Waals surface area (Å²) in [6, 6.07) is 0.867. The van der Waals surface area contributed by atoms with E-state index < -0.39 is 43.5 Å². The van der Waals surface area contributed by atoms with E-state index >= 15 is 0 Å². The minimum Gasteiger partial charge on any atom is -0.358 e. The Morgan fingerprint density at radius 3 is 2.24 bits per heavy atom. The minimum absolute atomic E-state index is 0.00789. The molecule has 0 fully saturated rings. The van der Waals surface area contributed by atoms with Crippen LogP contribution in [0.25, 0.3) is 10.4 Å². The molecule has 0 radical (unpaired) electrons. The summed E-state index contributed by atoms with van der Waals surface area (Å²) >= 11 is 0. The molecule has 0 aliphatic heterocycles. The molecular formula is C9H9F2N3O5S2. The predicted octanol–water partition coefficient (Wildman–Crippen LogP) is 2.37. The summed E-state index contributed by atoms with van der Waals surface area (Å²) in [5.41, 5.74) is 7.81. The third-order valence-electron chi connectivity index (χ3n) is 2.59. The van der Waals surface area contributed by atoms with Gasteiger partial charge in [-0.25, -0.2) is 0 Å². The summed E-state index contributed by atoms with van der Waals surface area (Å²) in [5, 5.41) is 3.16. The molecule has 0 heterocycles. The number of halogens is 2. The SMILES string of the molecule is Cc1c(CN=[N+]=[N-])cc(S(=O)(=O)F)c(C)c1OS(=O)(=O)F. The van der Waals surface area contributed by atoms with E-state index in [1.54, 1.807) is 0 Å². The second-order valence-corrected chi connectivity index (χ2v) is 6.18. The largest absolute Gasteiger partial charge is 0.488 e. The van der Waals surface area contributed by atoms with E-state index in [2.05, 4.69) is 14.2 Å². The first-order valence-corrected chi connectivity index (χ1v) is 7.89. The molecular weight excluding hydrogens is 332 g/mol. The Kier molecular flexibility index (Phi) is 4.76. The van der Waals surface area contributed by atoms with E-state index in [-0.39, 0.29) is 11.1 Å². The second-order valence-electron chi connectivity index (χ2n) is 3.92. The van der Waals surface area contributed by atoms with Crippen molar-refractivity contribution in [2.75, 3.05) is 0 Å². The van der Waals surface area contributed by atoms with Crippen molar-refractivity contribution in [3.05, 3.63) is 33.2 Å². The molecule has 1 rings (SSSR count). The topological polar surface area (TPSA) is 126 Å². The van der Waals surface area contributed by atoms with E-state index in [0.29, 0.717) is 0 Å². The van der Waals surface area contributed by atoms with E-state index in [0.717, 1.165) is 13.0 Å². The Morgan fingerprint density at radius 2 is 1.81 bits per heavy atom. The fourth-order valence-electron chi connectivity index (χ4n) is 1.66. The lowest BCUT2D eigenvalue weighted by atomic mass is 10.0. The van der Waals surface area contributed by atoms with Crippen molar-refractivity contribution in [1.29, 1.82) is 0 Å². The smallest absolute Gasteiger partial charge is 0.358 e. The molecule has 0 bridgehead atoms. The predicted molar refractivity (Wildman–Crippen MR) is 67.7 cm³/mol. The van der Waals surface area contributed by atoms with Crippen LogP contribution in [-0.4, -0.2) is 16.8 Å². The van der Waals surface area contributed by atoms with Gasteiger partial charge in [-0.15, -0.1) is 3.89 Å². The number of hydrogen-bond donors (Lipinski definition) is 0. The quantitative estimate of drug-likeness (QED) is 0.351. The normalized spacial score (nSPS) is 11.8. The van der Waals surface area contributed by atoms with Crippen LogP contribution in [0.4, 0.5) is 7.77 Å². The van der Waals surface area contributed by atoms with Crippen molar-refractivity contribution >= 4 is 20.7 Å². The second kappa shape index (κ2) is 5.84. The Morgan fingerprint density at radius 1 is 1.24 bits per heavy atom. The molecule has 0 aliphatic rings. The van der Waals surface area contributed by atoms with Gasteiger partial charge in [0.15, 0.2) is 5.75 Å². The maximum Gasteiger partial charge on any atom is 0.488 e. The highest BCUT2D eigenvalue weighted by Gasteiger charge is 2.25. The monoisotopic (exact) mass is 341 g/mol. The van der Waals surface area contributed by atoms with Gasteiger partial charge < -0.3 is 4.18 Å². The van der Waals surface area contributed by atoms with Crippen LogP contribution in [0.3, 0.4) is 0 Å². The highest BCUT2D eigenvalue weighted by atomic mass is 32.3. The number of hydrogen-bond acceptors (Lipinski definition) is 6. The third-order valence-corrected chi connectivity index (χ3v) is 3.90. The van der Waals surface area contributed by atoms with Crippen LogP contribution in [0.5, 0.6) is 5.75 Å². The van der Waals surface area contributed by atoms with Crippen molar-refractivity contribution in [2.45, 2.75) is 25.3 Å². The third kappa shape index (κ3) is 4.28. The molecule has 0 unspecified atom stereocenters. The van der Waals surface area contributed by atoms with Gasteiger partial charge in [0.2, 0.25) is 0 Å². The van der Waals surface area contributed by atoms with Crippen LogP contribution in [-0.2, 0) is 27.3 Å². The first-order chi connectivity index (χ1) is 9.47. The van der Waals surface area contributed by atoms with Gasteiger partial charge in [-0.3, -0.25) is 0 Å². The average molecular weight is 341 g/mol. The molecule has 0 aromatic heterocycles. The molecule has 8 nitrogen and oxygen atoms in total. The Bertz CT molecular complexity index is 829. The van der Waals surface area contributed by atoms with Gasteiger partial charge in [-0.1, -0.05) is 9.00 Å². The van der Waals surface area contributed by atoms with Crippen molar-refractivity contribution in [1.82, 2.24) is 0 Å². The van der Waals surface area contributed by atoms with E-state index in [4.69, 9.17) is 5.53 Å². The maximum atomic E-state index is 13.2. The Balaban J connectivity index is 3.72. The molecule has 0 N–H and O–H groups in total. The van der Waals surface area contributed by atoms with Gasteiger partial charge in [0.25, 0.3) is 0 Å². The maximum absolute atomic E-state index is 13.2. The van der Waals surface area contributed by atoms with E-state index in [1.807, 2.05) is 0 Å². The summed E-state index contributed by atoms with van der Waals surface area (Å²) < 4.78 is 73.2. The van der Waals surface area contributed by atoms with Gasteiger partial charge in [-0.2, -0.15) is 16.8 Å². The van der Waals surface area contributed by atoms with Crippen molar-refractivity contribution in [3.63, 3.8) is 0 Å². The van der Waals surface area contributed by atoms with Crippen LogP contribution in [0.1, 0.15) is 16.7 Å². The fourth-order valence-corrected chi connectivity index (χ4v) is 2.85. The van der Waals surface area contributed by atoms with E-state index in [9.17, 15) is 24.6 Å². The molecule has 12 heteroatoms. The summed E-state index contributed by atoms with van der Waals surface area (Å²) in [4.78, 5) is 1.55.